The molecular weight excluding hydrogens is 456 g/mol. The summed E-state index contributed by atoms with van der Waals surface area (Å²) in [6.07, 6.45) is 6.71. The van der Waals surface area contributed by atoms with Crippen LogP contribution in [0.5, 0.6) is 5.75 Å². The summed E-state index contributed by atoms with van der Waals surface area (Å²) in [4.78, 5) is 24.9. The van der Waals surface area contributed by atoms with Crippen molar-refractivity contribution in [1.29, 1.82) is 0 Å². The maximum atomic E-state index is 12.5. The largest absolute Gasteiger partial charge is 0.483 e. The monoisotopic (exact) mass is 486 g/mol. The second-order valence-corrected chi connectivity index (χ2v) is 9.08. The fourth-order valence-electron chi connectivity index (χ4n) is 3.77. The maximum absolute atomic E-state index is 12.5. The molecule has 1 aliphatic rings. The van der Waals surface area contributed by atoms with Gasteiger partial charge in [-0.15, -0.1) is 0 Å². The highest BCUT2D eigenvalue weighted by molar-refractivity contribution is 9.10. The lowest BCUT2D eigenvalue weighted by Gasteiger charge is -2.22. The third-order valence-electron chi connectivity index (χ3n) is 5.85. The van der Waals surface area contributed by atoms with Crippen molar-refractivity contribution in [3.8, 4) is 5.75 Å². The molecule has 31 heavy (non-hydrogen) atoms. The number of hydrogen-bond donors (Lipinski definition) is 2. The predicted molar refractivity (Wildman–Crippen MR) is 128 cm³/mol. The van der Waals surface area contributed by atoms with Gasteiger partial charge in [-0.2, -0.15) is 0 Å². The molecule has 3 rings (SSSR count). The zero-order chi connectivity index (χ0) is 22.2. The second kappa shape index (κ2) is 11.3. The van der Waals surface area contributed by atoms with Gasteiger partial charge in [0.1, 0.15) is 5.75 Å². The molecule has 1 unspecified atom stereocenters. The minimum absolute atomic E-state index is 0.0930. The molecular formula is C25H31BrN2O3. The summed E-state index contributed by atoms with van der Waals surface area (Å²) in [6, 6.07) is 13.2. The number of halogens is 1. The number of anilines is 1. The average Bonchev–Trinajstić information content (AvgIpc) is 2.78. The van der Waals surface area contributed by atoms with Crippen molar-refractivity contribution in [2.24, 2.45) is 0 Å². The Morgan fingerprint density at radius 3 is 2.61 bits per heavy atom. The molecule has 0 radical (unpaired) electrons. The number of amides is 2. The lowest BCUT2D eigenvalue weighted by molar-refractivity contribution is -0.118. The first-order valence-electron chi connectivity index (χ1n) is 11.1. The first-order chi connectivity index (χ1) is 15.0. The highest BCUT2D eigenvalue weighted by Gasteiger charge is 2.17. The van der Waals surface area contributed by atoms with E-state index in [1.807, 2.05) is 18.2 Å². The van der Waals surface area contributed by atoms with Gasteiger partial charge in [0.25, 0.3) is 11.8 Å². The first-order valence-corrected chi connectivity index (χ1v) is 11.9. The van der Waals surface area contributed by atoms with E-state index < -0.39 is 0 Å². The first kappa shape index (κ1) is 23.3. The van der Waals surface area contributed by atoms with E-state index in [9.17, 15) is 9.59 Å². The van der Waals surface area contributed by atoms with E-state index in [-0.39, 0.29) is 24.5 Å². The Labute approximate surface area is 193 Å². The molecule has 1 fully saturated rings. The number of nitrogens with one attached hydrogen (secondary N) is 2. The molecule has 1 atom stereocenters. The zero-order valence-electron chi connectivity index (χ0n) is 18.2. The molecule has 0 aromatic heterocycles. The SMILES string of the molecule is CCC(C)c1ccc(OCC(=O)Nc2cccc(C(=O)NC3CCCCC3)c2)c(Br)c1. The molecule has 0 saturated heterocycles. The van der Waals surface area contributed by atoms with E-state index in [0.717, 1.165) is 36.6 Å². The van der Waals surface area contributed by atoms with Crippen LogP contribution in [0.3, 0.4) is 0 Å². The Morgan fingerprint density at radius 2 is 1.90 bits per heavy atom. The van der Waals surface area contributed by atoms with Crippen molar-refractivity contribution in [2.45, 2.75) is 64.3 Å². The molecule has 166 valence electrons. The summed E-state index contributed by atoms with van der Waals surface area (Å²) in [5.41, 5.74) is 2.36. The van der Waals surface area contributed by atoms with Crippen molar-refractivity contribution < 1.29 is 14.3 Å². The molecule has 2 aromatic rings. The summed E-state index contributed by atoms with van der Waals surface area (Å²) in [6.45, 7) is 4.22. The average molecular weight is 487 g/mol. The Kier molecular flexibility index (Phi) is 8.52. The third-order valence-corrected chi connectivity index (χ3v) is 6.46. The van der Waals surface area contributed by atoms with E-state index in [2.05, 4.69) is 40.4 Å². The van der Waals surface area contributed by atoms with Gasteiger partial charge in [-0.1, -0.05) is 45.2 Å². The van der Waals surface area contributed by atoms with Crippen molar-refractivity contribution in [1.82, 2.24) is 5.32 Å². The van der Waals surface area contributed by atoms with Crippen LogP contribution in [-0.4, -0.2) is 24.5 Å². The second-order valence-electron chi connectivity index (χ2n) is 8.23. The van der Waals surface area contributed by atoms with Gasteiger partial charge >= 0.3 is 0 Å². The van der Waals surface area contributed by atoms with Crippen molar-refractivity contribution in [3.63, 3.8) is 0 Å². The van der Waals surface area contributed by atoms with E-state index >= 15 is 0 Å². The van der Waals surface area contributed by atoms with Crippen molar-refractivity contribution >= 4 is 33.4 Å². The number of benzene rings is 2. The van der Waals surface area contributed by atoms with Gasteiger partial charge in [-0.05, 0) is 77.0 Å². The van der Waals surface area contributed by atoms with Gasteiger partial charge in [-0.25, -0.2) is 0 Å². The minimum Gasteiger partial charge on any atom is -0.483 e. The lowest BCUT2D eigenvalue weighted by atomic mass is 9.95. The molecule has 0 bridgehead atoms. The number of hydrogen-bond acceptors (Lipinski definition) is 3. The van der Waals surface area contributed by atoms with E-state index in [0.29, 0.717) is 22.9 Å². The molecule has 2 aromatic carbocycles. The normalized spacial score (nSPS) is 15.2. The predicted octanol–water partition coefficient (Wildman–Crippen LogP) is 6.04. The van der Waals surface area contributed by atoms with Crippen LogP contribution in [0.2, 0.25) is 0 Å². The van der Waals surface area contributed by atoms with Crippen molar-refractivity contribution in [3.05, 3.63) is 58.1 Å². The molecule has 0 aliphatic heterocycles. The summed E-state index contributed by atoms with van der Waals surface area (Å²) in [7, 11) is 0. The van der Waals surface area contributed by atoms with Crippen LogP contribution in [0.4, 0.5) is 5.69 Å². The molecule has 2 amide bonds. The zero-order valence-corrected chi connectivity index (χ0v) is 19.8. The number of carbonyl (C=O) groups is 2. The van der Waals surface area contributed by atoms with Crippen LogP contribution < -0.4 is 15.4 Å². The van der Waals surface area contributed by atoms with E-state index in [4.69, 9.17) is 4.74 Å². The Morgan fingerprint density at radius 1 is 1.13 bits per heavy atom. The summed E-state index contributed by atoms with van der Waals surface area (Å²) < 4.78 is 6.51. The quantitative estimate of drug-likeness (QED) is 0.477. The standard InChI is InChI=1S/C25H31BrN2O3/c1-3-17(2)18-12-13-23(22(26)15-18)31-16-24(29)27-21-11-7-8-19(14-21)25(30)28-20-9-5-4-6-10-20/h7-8,11-15,17,20H,3-6,9-10,16H2,1-2H3,(H,27,29)(H,28,30). The fourth-order valence-corrected chi connectivity index (χ4v) is 4.28. The van der Waals surface area contributed by atoms with Crippen LogP contribution in [0.25, 0.3) is 0 Å². The number of rotatable bonds is 8. The minimum atomic E-state index is -0.275. The lowest BCUT2D eigenvalue weighted by Crippen LogP contribution is -2.36. The Balaban J connectivity index is 1.53. The van der Waals surface area contributed by atoms with Crippen LogP contribution in [0, 0.1) is 0 Å². The molecule has 2 N–H and O–H groups in total. The summed E-state index contributed by atoms with van der Waals surface area (Å²) >= 11 is 3.53. The fraction of sp³-hybridized carbons (Fsp3) is 0.440. The summed E-state index contributed by atoms with van der Waals surface area (Å²) in [5, 5.41) is 5.91. The number of ether oxygens (including phenoxy) is 1. The Bertz CT molecular complexity index is 909. The third kappa shape index (κ3) is 6.82. The summed E-state index contributed by atoms with van der Waals surface area (Å²) in [5.74, 6) is 0.728. The van der Waals surface area contributed by atoms with Gasteiger partial charge < -0.3 is 15.4 Å². The molecule has 1 aliphatic carbocycles. The van der Waals surface area contributed by atoms with E-state index in [1.54, 1.807) is 24.3 Å². The van der Waals surface area contributed by atoms with Crippen LogP contribution in [-0.2, 0) is 4.79 Å². The molecule has 0 spiro atoms. The van der Waals surface area contributed by atoms with E-state index in [1.165, 1.54) is 12.0 Å². The van der Waals surface area contributed by atoms with Gasteiger partial charge in [-0.3, -0.25) is 9.59 Å². The highest BCUT2D eigenvalue weighted by Crippen LogP contribution is 2.30. The molecule has 5 nitrogen and oxygen atoms in total. The number of carbonyl (C=O) groups excluding carboxylic acids is 2. The molecule has 1 saturated carbocycles. The smallest absolute Gasteiger partial charge is 0.262 e. The van der Waals surface area contributed by atoms with Gasteiger partial charge in [0.15, 0.2) is 6.61 Å². The van der Waals surface area contributed by atoms with Crippen LogP contribution in [0.15, 0.2) is 46.9 Å². The molecule has 0 heterocycles. The van der Waals surface area contributed by atoms with Gasteiger partial charge in [0.05, 0.1) is 4.47 Å². The Hall–Kier alpha value is -2.34. The van der Waals surface area contributed by atoms with Gasteiger partial charge in [0, 0.05) is 17.3 Å². The van der Waals surface area contributed by atoms with Gasteiger partial charge in [0.2, 0.25) is 0 Å². The maximum Gasteiger partial charge on any atom is 0.262 e. The van der Waals surface area contributed by atoms with Crippen molar-refractivity contribution in [2.75, 3.05) is 11.9 Å². The topological polar surface area (TPSA) is 67.4 Å². The van der Waals surface area contributed by atoms with Crippen LogP contribution in [0.1, 0.15) is 74.2 Å². The van der Waals surface area contributed by atoms with Crippen LogP contribution >= 0.6 is 15.9 Å². The molecule has 6 heteroatoms. The highest BCUT2D eigenvalue weighted by atomic mass is 79.9.